The molecule has 1 aromatic carbocycles. The van der Waals surface area contributed by atoms with Crippen LogP contribution in [-0.2, 0) is 6.42 Å². The molecule has 19 heavy (non-hydrogen) atoms. The highest BCUT2D eigenvalue weighted by Gasteiger charge is 2.27. The summed E-state index contributed by atoms with van der Waals surface area (Å²) in [6, 6.07) is 8.48. The lowest BCUT2D eigenvalue weighted by Gasteiger charge is -2.13. The van der Waals surface area contributed by atoms with E-state index in [-0.39, 0.29) is 5.56 Å². The number of fused-ring (bicyclic) bond motifs is 1. The van der Waals surface area contributed by atoms with E-state index in [9.17, 15) is 4.79 Å². The molecule has 0 radical (unpaired) electrons. The Kier molecular flexibility index (Phi) is 2.91. The quantitative estimate of drug-likeness (QED) is 0.751. The minimum absolute atomic E-state index is 0.134. The van der Waals surface area contributed by atoms with Gasteiger partial charge in [-0.25, -0.2) is 0 Å². The molecule has 0 spiro atoms. The molecular formula is C17H17NO. The van der Waals surface area contributed by atoms with Crippen molar-refractivity contribution in [3.05, 3.63) is 45.9 Å². The molecule has 0 saturated heterocycles. The number of rotatable bonds is 2. The van der Waals surface area contributed by atoms with Gasteiger partial charge in [-0.1, -0.05) is 25.0 Å². The van der Waals surface area contributed by atoms with Gasteiger partial charge in [0.2, 0.25) is 0 Å². The van der Waals surface area contributed by atoms with Gasteiger partial charge in [-0.05, 0) is 43.7 Å². The van der Waals surface area contributed by atoms with Gasteiger partial charge in [0, 0.05) is 17.3 Å². The summed E-state index contributed by atoms with van der Waals surface area (Å²) in [5.41, 5.74) is 2.12. The van der Waals surface area contributed by atoms with Gasteiger partial charge in [-0.15, -0.1) is 5.92 Å². The largest absolute Gasteiger partial charge is 0.309 e. The first-order chi connectivity index (χ1) is 9.26. The molecule has 0 N–H and O–H groups in total. The number of aryl methyl sites for hydroxylation is 1. The smallest absolute Gasteiger partial charge is 0.260 e. The molecule has 0 aliphatic heterocycles. The fourth-order valence-corrected chi connectivity index (χ4v) is 2.67. The molecule has 0 unspecified atom stereocenters. The Morgan fingerprint density at radius 3 is 2.79 bits per heavy atom. The predicted octanol–water partition coefficient (Wildman–Crippen LogP) is 3.27. The normalized spacial score (nSPS) is 14.2. The first kappa shape index (κ1) is 12.0. The van der Waals surface area contributed by atoms with E-state index in [0.29, 0.717) is 6.04 Å². The van der Waals surface area contributed by atoms with Gasteiger partial charge in [0.25, 0.3) is 5.56 Å². The van der Waals surface area contributed by atoms with Crippen LogP contribution < -0.4 is 5.56 Å². The molecule has 2 heteroatoms. The molecule has 3 rings (SSSR count). The average molecular weight is 251 g/mol. The minimum Gasteiger partial charge on any atom is -0.309 e. The molecule has 0 bridgehead atoms. The molecule has 1 aromatic heterocycles. The van der Waals surface area contributed by atoms with E-state index in [0.717, 1.165) is 41.3 Å². The first-order valence-corrected chi connectivity index (χ1v) is 6.86. The second-order valence-electron chi connectivity index (χ2n) is 5.04. The van der Waals surface area contributed by atoms with Crippen molar-refractivity contribution >= 4 is 10.8 Å². The van der Waals surface area contributed by atoms with Crippen molar-refractivity contribution in [3.8, 4) is 11.8 Å². The maximum absolute atomic E-state index is 12.8. The van der Waals surface area contributed by atoms with Gasteiger partial charge < -0.3 is 4.57 Å². The molecule has 1 heterocycles. The third-order valence-electron chi connectivity index (χ3n) is 3.69. The Balaban J connectivity index is 2.41. The van der Waals surface area contributed by atoms with E-state index in [4.69, 9.17) is 0 Å². The zero-order chi connectivity index (χ0) is 13.4. The highest BCUT2D eigenvalue weighted by molar-refractivity contribution is 5.87. The standard InChI is InChI=1S/C17H17NO/c1-3-6-12-7-5-8-13-11-14(4-2)18(15-9-10-15)17(19)16(12)13/h5,7-8,11,15H,4,9-10H2,1-2H3. The van der Waals surface area contributed by atoms with Crippen molar-refractivity contribution in [1.82, 2.24) is 4.57 Å². The Morgan fingerprint density at radius 2 is 2.16 bits per heavy atom. The lowest BCUT2D eigenvalue weighted by molar-refractivity contribution is 0.670. The van der Waals surface area contributed by atoms with Crippen LogP contribution in [0, 0.1) is 11.8 Å². The third-order valence-corrected chi connectivity index (χ3v) is 3.69. The summed E-state index contributed by atoms with van der Waals surface area (Å²) in [5, 5.41) is 1.79. The van der Waals surface area contributed by atoms with Crippen LogP contribution in [-0.4, -0.2) is 4.57 Å². The van der Waals surface area contributed by atoms with Crippen LogP contribution in [0.4, 0.5) is 0 Å². The predicted molar refractivity (Wildman–Crippen MR) is 78.4 cm³/mol. The molecule has 2 nitrogen and oxygen atoms in total. The van der Waals surface area contributed by atoms with Crippen LogP contribution in [0.5, 0.6) is 0 Å². The van der Waals surface area contributed by atoms with Crippen LogP contribution in [0.15, 0.2) is 29.1 Å². The summed E-state index contributed by atoms with van der Waals surface area (Å²) in [7, 11) is 0. The summed E-state index contributed by atoms with van der Waals surface area (Å²) in [6.45, 7) is 3.91. The van der Waals surface area contributed by atoms with E-state index >= 15 is 0 Å². The van der Waals surface area contributed by atoms with Gasteiger partial charge in [-0.3, -0.25) is 4.79 Å². The molecule has 1 saturated carbocycles. The van der Waals surface area contributed by atoms with Crippen LogP contribution >= 0.6 is 0 Å². The molecule has 0 atom stereocenters. The molecule has 1 aliphatic carbocycles. The first-order valence-electron chi connectivity index (χ1n) is 6.86. The summed E-state index contributed by atoms with van der Waals surface area (Å²) >= 11 is 0. The molecule has 1 aliphatic rings. The van der Waals surface area contributed by atoms with Crippen molar-refractivity contribution < 1.29 is 0 Å². The summed E-state index contributed by atoms with van der Waals surface area (Å²) in [5.74, 6) is 5.95. The van der Waals surface area contributed by atoms with Crippen molar-refractivity contribution in [2.75, 3.05) is 0 Å². The van der Waals surface area contributed by atoms with Crippen molar-refractivity contribution in [1.29, 1.82) is 0 Å². The number of benzene rings is 1. The number of nitrogens with zero attached hydrogens (tertiary/aromatic N) is 1. The fraction of sp³-hybridized carbons (Fsp3) is 0.353. The van der Waals surface area contributed by atoms with Crippen LogP contribution in [0.1, 0.15) is 44.0 Å². The summed E-state index contributed by atoms with van der Waals surface area (Å²) < 4.78 is 1.99. The van der Waals surface area contributed by atoms with E-state index in [2.05, 4.69) is 24.8 Å². The van der Waals surface area contributed by atoms with E-state index < -0.39 is 0 Å². The molecule has 96 valence electrons. The minimum atomic E-state index is 0.134. The number of aromatic nitrogens is 1. The van der Waals surface area contributed by atoms with Crippen molar-refractivity contribution in [2.45, 2.75) is 39.2 Å². The van der Waals surface area contributed by atoms with E-state index in [1.807, 2.05) is 22.8 Å². The average Bonchev–Trinajstić information content (AvgIpc) is 3.23. The Hall–Kier alpha value is -2.01. The maximum Gasteiger partial charge on any atom is 0.260 e. The highest BCUT2D eigenvalue weighted by Crippen LogP contribution is 2.35. The van der Waals surface area contributed by atoms with Crippen molar-refractivity contribution in [3.63, 3.8) is 0 Å². The summed E-state index contributed by atoms with van der Waals surface area (Å²) in [4.78, 5) is 12.8. The Labute approximate surface area is 113 Å². The van der Waals surface area contributed by atoms with Crippen molar-refractivity contribution in [2.24, 2.45) is 0 Å². The van der Waals surface area contributed by atoms with E-state index in [1.165, 1.54) is 0 Å². The van der Waals surface area contributed by atoms with Gasteiger partial charge in [0.15, 0.2) is 0 Å². The zero-order valence-electron chi connectivity index (χ0n) is 11.4. The second kappa shape index (κ2) is 4.59. The van der Waals surface area contributed by atoms with Gasteiger partial charge >= 0.3 is 0 Å². The number of hydrogen-bond donors (Lipinski definition) is 0. The van der Waals surface area contributed by atoms with E-state index in [1.54, 1.807) is 6.92 Å². The molecule has 1 fully saturated rings. The number of hydrogen-bond acceptors (Lipinski definition) is 1. The fourth-order valence-electron chi connectivity index (χ4n) is 2.67. The topological polar surface area (TPSA) is 22.0 Å². The second-order valence-corrected chi connectivity index (χ2v) is 5.04. The van der Waals surface area contributed by atoms with Crippen LogP contribution in [0.2, 0.25) is 0 Å². The van der Waals surface area contributed by atoms with Crippen LogP contribution in [0.3, 0.4) is 0 Å². The maximum atomic E-state index is 12.8. The van der Waals surface area contributed by atoms with Gasteiger partial charge in [-0.2, -0.15) is 0 Å². The SMILES string of the molecule is CC#Cc1cccc2cc(CC)n(C3CC3)c(=O)c12. The Morgan fingerprint density at radius 1 is 1.37 bits per heavy atom. The molecule has 0 amide bonds. The lowest BCUT2D eigenvalue weighted by Crippen LogP contribution is -2.23. The van der Waals surface area contributed by atoms with Crippen LogP contribution in [0.25, 0.3) is 10.8 Å². The number of pyridine rings is 1. The third kappa shape index (κ3) is 1.96. The molecular weight excluding hydrogens is 234 g/mol. The lowest BCUT2D eigenvalue weighted by atomic mass is 10.0. The zero-order valence-corrected chi connectivity index (χ0v) is 11.4. The molecule has 2 aromatic rings. The Bertz CT molecular complexity index is 754. The summed E-state index contributed by atoms with van der Waals surface area (Å²) in [6.07, 6.45) is 3.14. The van der Waals surface area contributed by atoms with Gasteiger partial charge in [0.1, 0.15) is 0 Å². The van der Waals surface area contributed by atoms with Gasteiger partial charge in [0.05, 0.1) is 5.39 Å². The monoisotopic (exact) mass is 251 g/mol. The highest BCUT2D eigenvalue weighted by atomic mass is 16.1.